The Bertz CT molecular complexity index is 448. The van der Waals surface area contributed by atoms with Gasteiger partial charge in [0.15, 0.2) is 6.04 Å². The van der Waals surface area contributed by atoms with Crippen LogP contribution in [0, 0.1) is 5.92 Å². The Labute approximate surface area is 137 Å². The maximum absolute atomic E-state index is 12.3. The predicted molar refractivity (Wildman–Crippen MR) is 83.7 cm³/mol. The summed E-state index contributed by atoms with van der Waals surface area (Å²) in [6.45, 7) is 13.1. The van der Waals surface area contributed by atoms with E-state index in [1.165, 1.54) is 0 Å². The Balaban J connectivity index is 5.41. The summed E-state index contributed by atoms with van der Waals surface area (Å²) in [5.74, 6) is -1.73. The largest absolute Gasteiger partial charge is 0.480 e. The molecule has 0 heterocycles. The molecule has 0 rings (SSSR count). The molecule has 0 fully saturated rings. The third-order valence-electron chi connectivity index (χ3n) is 2.36. The van der Waals surface area contributed by atoms with E-state index >= 15 is 0 Å². The van der Waals surface area contributed by atoms with Crippen LogP contribution < -0.4 is 5.43 Å². The summed E-state index contributed by atoms with van der Waals surface area (Å²) in [4.78, 5) is 35.7. The number of hydrogen-bond acceptors (Lipinski definition) is 5. The summed E-state index contributed by atoms with van der Waals surface area (Å²) in [6, 6.07) is -1.29. The van der Waals surface area contributed by atoms with Crippen LogP contribution in [0.3, 0.4) is 0 Å². The van der Waals surface area contributed by atoms with Crippen molar-refractivity contribution in [3.63, 3.8) is 0 Å². The Kier molecular flexibility index (Phi) is 6.87. The third kappa shape index (κ3) is 8.27. The second kappa shape index (κ2) is 7.52. The van der Waals surface area contributed by atoms with Gasteiger partial charge in [0, 0.05) is 0 Å². The van der Waals surface area contributed by atoms with Gasteiger partial charge in [-0.15, -0.1) is 0 Å². The molecule has 134 valence electrons. The second-order valence-electron chi connectivity index (χ2n) is 7.49. The summed E-state index contributed by atoms with van der Waals surface area (Å²) >= 11 is 0. The molecule has 0 aromatic heterocycles. The van der Waals surface area contributed by atoms with Crippen LogP contribution in [-0.2, 0) is 14.3 Å². The van der Waals surface area contributed by atoms with E-state index in [0.29, 0.717) is 5.01 Å². The van der Waals surface area contributed by atoms with E-state index in [4.69, 9.17) is 9.47 Å². The highest BCUT2D eigenvalue weighted by molar-refractivity contribution is 5.82. The SMILES string of the molecule is C[C@@H]([13CH3])[C@H](C(=O)O)N(NC(=O)OC(C)(C)C)C(=O)OC(C)(C)C. The number of carboxylic acid groups (broad SMARTS) is 1. The number of carbonyl (C=O) groups excluding carboxylic acids is 2. The Morgan fingerprint density at radius 2 is 1.39 bits per heavy atom. The quantitative estimate of drug-likeness (QED) is 0.608. The van der Waals surface area contributed by atoms with E-state index in [0.717, 1.165) is 0 Å². The van der Waals surface area contributed by atoms with Gasteiger partial charge in [0.25, 0.3) is 0 Å². The van der Waals surface area contributed by atoms with Crippen LogP contribution in [0.2, 0.25) is 0 Å². The van der Waals surface area contributed by atoms with Crippen molar-refractivity contribution in [2.75, 3.05) is 0 Å². The lowest BCUT2D eigenvalue weighted by molar-refractivity contribution is -0.146. The molecule has 0 aromatic carbocycles. The molecular formula is C15H28N2O6. The van der Waals surface area contributed by atoms with Gasteiger partial charge in [0.1, 0.15) is 11.2 Å². The van der Waals surface area contributed by atoms with E-state index in [-0.39, 0.29) is 0 Å². The molecule has 0 saturated carbocycles. The molecule has 0 aromatic rings. The normalized spacial score (nSPS) is 14.4. The predicted octanol–water partition coefficient (Wildman–Crippen LogP) is 2.77. The maximum atomic E-state index is 12.3. The number of carbonyl (C=O) groups is 3. The van der Waals surface area contributed by atoms with Crippen LogP contribution in [0.4, 0.5) is 9.59 Å². The number of hydrogen-bond donors (Lipinski definition) is 2. The molecule has 0 unspecified atom stereocenters. The molecule has 0 saturated heterocycles. The van der Waals surface area contributed by atoms with Crippen molar-refractivity contribution in [1.29, 1.82) is 0 Å². The molecule has 2 amide bonds. The highest BCUT2D eigenvalue weighted by Gasteiger charge is 2.37. The van der Waals surface area contributed by atoms with Gasteiger partial charge in [-0.2, -0.15) is 0 Å². The van der Waals surface area contributed by atoms with Crippen LogP contribution >= 0.6 is 0 Å². The summed E-state index contributed by atoms with van der Waals surface area (Å²) in [7, 11) is 0. The van der Waals surface area contributed by atoms with Crippen LogP contribution in [0.15, 0.2) is 0 Å². The van der Waals surface area contributed by atoms with Gasteiger partial charge in [0.2, 0.25) is 0 Å². The van der Waals surface area contributed by atoms with Gasteiger partial charge in [-0.05, 0) is 47.5 Å². The Hall–Kier alpha value is -1.99. The minimum Gasteiger partial charge on any atom is -0.480 e. The molecule has 0 aliphatic heterocycles. The fourth-order valence-electron chi connectivity index (χ4n) is 1.63. The third-order valence-corrected chi connectivity index (χ3v) is 2.36. The first kappa shape index (κ1) is 21.0. The van der Waals surface area contributed by atoms with Gasteiger partial charge in [0.05, 0.1) is 0 Å². The average Bonchev–Trinajstić information content (AvgIpc) is 2.21. The van der Waals surface area contributed by atoms with Crippen molar-refractivity contribution in [3.05, 3.63) is 0 Å². The minimum absolute atomic E-state index is 0.463. The topological polar surface area (TPSA) is 105 Å². The number of rotatable bonds is 3. The first-order valence-electron chi connectivity index (χ1n) is 7.38. The number of hydrazine groups is 1. The summed E-state index contributed by atoms with van der Waals surface area (Å²) in [5, 5.41) is 10.0. The number of nitrogens with zero attached hydrogens (tertiary/aromatic N) is 1. The number of amides is 2. The molecule has 0 bridgehead atoms. The average molecular weight is 333 g/mol. The van der Waals surface area contributed by atoms with Crippen molar-refractivity contribution in [2.24, 2.45) is 5.92 Å². The van der Waals surface area contributed by atoms with Crippen molar-refractivity contribution in [1.82, 2.24) is 10.4 Å². The molecule has 8 heteroatoms. The van der Waals surface area contributed by atoms with Crippen molar-refractivity contribution >= 4 is 18.2 Å². The lowest BCUT2D eigenvalue weighted by Gasteiger charge is -2.33. The molecule has 23 heavy (non-hydrogen) atoms. The fourth-order valence-corrected chi connectivity index (χ4v) is 1.63. The summed E-state index contributed by atoms with van der Waals surface area (Å²) < 4.78 is 10.2. The Morgan fingerprint density at radius 3 is 1.70 bits per heavy atom. The molecule has 8 nitrogen and oxygen atoms in total. The van der Waals surface area contributed by atoms with E-state index in [9.17, 15) is 19.5 Å². The highest BCUT2D eigenvalue weighted by atomic mass is 16.6. The van der Waals surface area contributed by atoms with Crippen LogP contribution in [0.1, 0.15) is 55.4 Å². The smallest absolute Gasteiger partial charge is 0.430 e. The van der Waals surface area contributed by atoms with Crippen molar-refractivity contribution < 1.29 is 29.0 Å². The Morgan fingerprint density at radius 1 is 0.957 bits per heavy atom. The van der Waals surface area contributed by atoms with E-state index in [1.54, 1.807) is 55.4 Å². The number of aliphatic carboxylic acids is 1. The fraction of sp³-hybridized carbons (Fsp3) is 0.800. The van der Waals surface area contributed by atoms with E-state index < -0.39 is 41.3 Å². The highest BCUT2D eigenvalue weighted by Crippen LogP contribution is 2.16. The van der Waals surface area contributed by atoms with Gasteiger partial charge in [-0.1, -0.05) is 13.8 Å². The molecule has 0 aliphatic rings. The molecular weight excluding hydrogens is 305 g/mol. The number of ether oxygens (including phenoxy) is 2. The standard InChI is InChI=1S/C15H28N2O6/c1-9(2)10(11(18)19)17(13(21)23-15(6,7)8)16-12(20)22-14(3,4)5/h9-10H,1-8H3,(H,16,20)(H,18,19)/t10-/m1/s1/i1+1/t9-,10-. The molecule has 0 radical (unpaired) electrons. The lowest BCUT2D eigenvalue weighted by Crippen LogP contribution is -2.58. The second-order valence-corrected chi connectivity index (χ2v) is 7.49. The first-order valence-corrected chi connectivity index (χ1v) is 7.38. The monoisotopic (exact) mass is 333 g/mol. The van der Waals surface area contributed by atoms with Gasteiger partial charge < -0.3 is 14.6 Å². The maximum Gasteiger partial charge on any atom is 0.430 e. The molecule has 2 N–H and O–H groups in total. The van der Waals surface area contributed by atoms with E-state index in [1.807, 2.05) is 0 Å². The molecule has 0 aliphatic carbocycles. The number of nitrogens with one attached hydrogen (secondary N) is 1. The minimum atomic E-state index is -1.29. The molecule has 0 spiro atoms. The number of carboxylic acids is 1. The van der Waals surface area contributed by atoms with Gasteiger partial charge in [-0.25, -0.2) is 24.8 Å². The first-order chi connectivity index (χ1) is 10.1. The lowest BCUT2D eigenvalue weighted by atomic mass is 10.1. The zero-order valence-electron chi connectivity index (χ0n) is 15.1. The van der Waals surface area contributed by atoms with Crippen LogP contribution in [-0.4, -0.2) is 45.5 Å². The van der Waals surface area contributed by atoms with Crippen molar-refractivity contribution in [3.8, 4) is 0 Å². The van der Waals surface area contributed by atoms with Crippen molar-refractivity contribution in [2.45, 2.75) is 72.6 Å². The van der Waals surface area contributed by atoms with E-state index in [2.05, 4.69) is 5.43 Å². The van der Waals surface area contributed by atoms with Gasteiger partial charge >= 0.3 is 18.2 Å². The summed E-state index contributed by atoms with van der Waals surface area (Å²) in [6.07, 6.45) is -1.90. The van der Waals surface area contributed by atoms with Crippen LogP contribution in [0.5, 0.6) is 0 Å². The zero-order chi connectivity index (χ0) is 18.6. The van der Waals surface area contributed by atoms with Crippen LogP contribution in [0.25, 0.3) is 0 Å². The van der Waals surface area contributed by atoms with Gasteiger partial charge in [-0.3, -0.25) is 0 Å². The summed E-state index contributed by atoms with van der Waals surface area (Å²) in [5.41, 5.74) is 0.542. The molecule has 2 atom stereocenters. The zero-order valence-corrected chi connectivity index (χ0v) is 15.1.